The van der Waals surface area contributed by atoms with Crippen molar-refractivity contribution in [3.63, 3.8) is 0 Å². The summed E-state index contributed by atoms with van der Waals surface area (Å²) in [6.45, 7) is 0. The molecule has 0 atom stereocenters. The van der Waals surface area contributed by atoms with E-state index in [0.29, 0.717) is 4.47 Å². The third-order valence-corrected chi connectivity index (χ3v) is 3.63. The lowest BCUT2D eigenvalue weighted by molar-refractivity contribution is 0.102. The van der Waals surface area contributed by atoms with E-state index in [0.717, 1.165) is 6.07 Å². The van der Waals surface area contributed by atoms with Crippen molar-refractivity contribution in [2.45, 2.75) is 0 Å². The highest BCUT2D eigenvalue weighted by atomic mass is 79.9. The van der Waals surface area contributed by atoms with E-state index in [9.17, 15) is 14.3 Å². The molecule has 0 spiro atoms. The molecule has 0 aliphatic rings. The minimum Gasteiger partial charge on any atom is -0.504 e. The zero-order chi connectivity index (χ0) is 14.9. The van der Waals surface area contributed by atoms with Gasteiger partial charge in [-0.05, 0) is 40.2 Å². The Labute approximate surface area is 132 Å². The highest BCUT2D eigenvalue weighted by Crippen LogP contribution is 2.35. The van der Waals surface area contributed by atoms with Gasteiger partial charge >= 0.3 is 0 Å². The quantitative estimate of drug-likeness (QED) is 0.733. The van der Waals surface area contributed by atoms with Gasteiger partial charge in [-0.3, -0.25) is 4.79 Å². The lowest BCUT2D eigenvalue weighted by atomic mass is 10.2. The molecule has 7 heteroatoms. The molecule has 0 bridgehead atoms. The molecular formula is C13H7BrCl2FNO2. The Morgan fingerprint density at radius 3 is 2.65 bits per heavy atom. The SMILES string of the molecule is O=C(Nc1cc(Cl)cc(Cl)c1O)c1c(F)cccc1Br. The Morgan fingerprint density at radius 2 is 2.00 bits per heavy atom. The first-order valence-corrected chi connectivity index (χ1v) is 6.88. The molecule has 0 aliphatic heterocycles. The maximum Gasteiger partial charge on any atom is 0.259 e. The zero-order valence-electron chi connectivity index (χ0n) is 9.75. The summed E-state index contributed by atoms with van der Waals surface area (Å²) in [6.07, 6.45) is 0. The van der Waals surface area contributed by atoms with E-state index >= 15 is 0 Å². The van der Waals surface area contributed by atoms with Crippen molar-refractivity contribution in [2.24, 2.45) is 0 Å². The van der Waals surface area contributed by atoms with Crippen molar-refractivity contribution in [1.29, 1.82) is 0 Å². The normalized spacial score (nSPS) is 10.4. The van der Waals surface area contributed by atoms with Gasteiger partial charge in [-0.25, -0.2) is 4.39 Å². The minimum absolute atomic E-state index is 0.00246. The lowest BCUT2D eigenvalue weighted by Gasteiger charge is -2.10. The Kier molecular flexibility index (Phi) is 4.52. The third kappa shape index (κ3) is 3.06. The smallest absolute Gasteiger partial charge is 0.259 e. The second-order valence-electron chi connectivity index (χ2n) is 3.83. The van der Waals surface area contributed by atoms with Crippen molar-refractivity contribution in [3.8, 4) is 5.75 Å². The molecule has 0 saturated heterocycles. The molecule has 0 radical (unpaired) electrons. The zero-order valence-corrected chi connectivity index (χ0v) is 12.9. The number of anilines is 1. The maximum atomic E-state index is 13.7. The van der Waals surface area contributed by atoms with E-state index in [1.807, 2.05) is 0 Å². The van der Waals surface area contributed by atoms with Gasteiger partial charge in [-0.15, -0.1) is 0 Å². The number of benzene rings is 2. The first kappa shape index (κ1) is 15.1. The van der Waals surface area contributed by atoms with Gasteiger partial charge in [0.05, 0.1) is 16.3 Å². The number of hydrogen-bond donors (Lipinski definition) is 2. The molecule has 0 saturated carbocycles. The molecule has 2 N–H and O–H groups in total. The second kappa shape index (κ2) is 5.99. The van der Waals surface area contributed by atoms with Crippen LogP contribution in [-0.4, -0.2) is 11.0 Å². The first-order chi connectivity index (χ1) is 9.40. The van der Waals surface area contributed by atoms with Gasteiger partial charge in [0.15, 0.2) is 5.75 Å². The van der Waals surface area contributed by atoms with E-state index in [-0.39, 0.29) is 27.0 Å². The fraction of sp³-hybridized carbons (Fsp3) is 0. The predicted molar refractivity (Wildman–Crippen MR) is 80.2 cm³/mol. The van der Waals surface area contributed by atoms with E-state index in [2.05, 4.69) is 21.2 Å². The molecule has 0 heterocycles. The van der Waals surface area contributed by atoms with E-state index in [4.69, 9.17) is 23.2 Å². The van der Waals surface area contributed by atoms with Crippen LogP contribution >= 0.6 is 39.1 Å². The Hall–Kier alpha value is -1.30. The molecule has 20 heavy (non-hydrogen) atoms. The van der Waals surface area contributed by atoms with Crippen LogP contribution in [0.1, 0.15) is 10.4 Å². The largest absolute Gasteiger partial charge is 0.504 e. The molecule has 0 aliphatic carbocycles. The molecule has 0 aromatic heterocycles. The predicted octanol–water partition coefficient (Wildman–Crippen LogP) is 4.85. The molecule has 2 aromatic carbocycles. The number of rotatable bonds is 2. The standard InChI is InChI=1S/C13H7BrCl2FNO2/c14-7-2-1-3-9(17)11(7)13(20)18-10-5-6(15)4-8(16)12(10)19/h1-5,19H,(H,18,20). The van der Waals surface area contributed by atoms with Gasteiger partial charge < -0.3 is 10.4 Å². The summed E-state index contributed by atoms with van der Waals surface area (Å²) in [5.74, 6) is -1.76. The van der Waals surface area contributed by atoms with Gasteiger partial charge in [0.1, 0.15) is 5.82 Å². The number of halogens is 4. The summed E-state index contributed by atoms with van der Waals surface area (Å²) in [4.78, 5) is 12.1. The van der Waals surface area contributed by atoms with Gasteiger partial charge in [0.25, 0.3) is 5.91 Å². The van der Waals surface area contributed by atoms with Crippen LogP contribution in [-0.2, 0) is 0 Å². The van der Waals surface area contributed by atoms with Gasteiger partial charge in [0.2, 0.25) is 0 Å². The Balaban J connectivity index is 2.38. The number of nitrogens with one attached hydrogen (secondary N) is 1. The van der Waals surface area contributed by atoms with Gasteiger partial charge in [-0.1, -0.05) is 29.3 Å². The molecule has 1 amide bonds. The molecule has 2 rings (SSSR count). The third-order valence-electron chi connectivity index (χ3n) is 2.47. The number of hydrogen-bond acceptors (Lipinski definition) is 2. The summed E-state index contributed by atoms with van der Waals surface area (Å²) >= 11 is 14.6. The fourth-order valence-corrected chi connectivity index (χ4v) is 2.58. The van der Waals surface area contributed by atoms with Crippen molar-refractivity contribution >= 4 is 50.7 Å². The van der Waals surface area contributed by atoms with Crippen LogP contribution in [0, 0.1) is 5.82 Å². The van der Waals surface area contributed by atoms with Gasteiger partial charge in [-0.2, -0.15) is 0 Å². The number of phenols is 1. The van der Waals surface area contributed by atoms with E-state index in [1.165, 1.54) is 24.3 Å². The summed E-state index contributed by atoms with van der Waals surface area (Å²) < 4.78 is 14.0. The van der Waals surface area contributed by atoms with Crippen molar-refractivity contribution in [1.82, 2.24) is 0 Å². The monoisotopic (exact) mass is 377 g/mol. The van der Waals surface area contributed by atoms with Crippen molar-refractivity contribution in [3.05, 3.63) is 56.2 Å². The fourth-order valence-electron chi connectivity index (χ4n) is 1.56. The minimum atomic E-state index is -0.733. The molecule has 3 nitrogen and oxygen atoms in total. The highest BCUT2D eigenvalue weighted by molar-refractivity contribution is 9.10. The Bertz CT molecular complexity index is 674. The Morgan fingerprint density at radius 1 is 1.30 bits per heavy atom. The average Bonchev–Trinajstić information content (AvgIpc) is 2.35. The lowest BCUT2D eigenvalue weighted by Crippen LogP contribution is -2.14. The number of carbonyl (C=O) groups excluding carboxylic acids is 1. The number of aromatic hydroxyl groups is 1. The topological polar surface area (TPSA) is 49.3 Å². The summed E-state index contributed by atoms with van der Waals surface area (Å²) in [5.41, 5.74) is -0.175. The van der Waals surface area contributed by atoms with Gasteiger partial charge in [0, 0.05) is 9.50 Å². The number of carbonyl (C=O) groups is 1. The molecule has 0 unspecified atom stereocenters. The molecule has 2 aromatic rings. The van der Waals surface area contributed by atoms with Crippen LogP contribution in [0.15, 0.2) is 34.8 Å². The molecule has 104 valence electrons. The summed E-state index contributed by atoms with van der Waals surface area (Å²) in [7, 11) is 0. The summed E-state index contributed by atoms with van der Waals surface area (Å²) in [6, 6.07) is 6.79. The maximum absolute atomic E-state index is 13.7. The molecule has 0 fully saturated rings. The van der Waals surface area contributed by atoms with E-state index in [1.54, 1.807) is 0 Å². The number of amides is 1. The van der Waals surface area contributed by atoms with Crippen LogP contribution in [0.2, 0.25) is 10.0 Å². The second-order valence-corrected chi connectivity index (χ2v) is 5.53. The average molecular weight is 379 g/mol. The van der Waals surface area contributed by atoms with Crippen LogP contribution in [0.4, 0.5) is 10.1 Å². The van der Waals surface area contributed by atoms with Crippen molar-refractivity contribution in [2.75, 3.05) is 5.32 Å². The number of phenolic OH excluding ortho intramolecular Hbond substituents is 1. The van der Waals surface area contributed by atoms with Crippen LogP contribution in [0.3, 0.4) is 0 Å². The van der Waals surface area contributed by atoms with Crippen LogP contribution < -0.4 is 5.32 Å². The van der Waals surface area contributed by atoms with Crippen LogP contribution in [0.5, 0.6) is 5.75 Å². The van der Waals surface area contributed by atoms with E-state index < -0.39 is 11.7 Å². The molecular weight excluding hydrogens is 372 g/mol. The van der Waals surface area contributed by atoms with Crippen molar-refractivity contribution < 1.29 is 14.3 Å². The highest BCUT2D eigenvalue weighted by Gasteiger charge is 2.18. The summed E-state index contributed by atoms with van der Waals surface area (Å²) in [5, 5.41) is 12.3. The van der Waals surface area contributed by atoms with Crippen LogP contribution in [0.25, 0.3) is 0 Å². The first-order valence-electron chi connectivity index (χ1n) is 5.33.